The third-order valence-corrected chi connectivity index (χ3v) is 6.10. The minimum atomic E-state index is -0.118. The summed E-state index contributed by atoms with van der Waals surface area (Å²) in [6.45, 7) is 9.77. The lowest BCUT2D eigenvalue weighted by Crippen LogP contribution is -2.34. The highest BCUT2D eigenvalue weighted by Crippen LogP contribution is 2.28. The fraction of sp³-hybridized carbons (Fsp3) is 0.310. The topological polar surface area (TPSA) is 49.9 Å². The van der Waals surface area contributed by atoms with Gasteiger partial charge in [0.25, 0.3) is 5.91 Å². The van der Waals surface area contributed by atoms with E-state index >= 15 is 0 Å². The van der Waals surface area contributed by atoms with Gasteiger partial charge in [0.2, 0.25) is 5.91 Å². The largest absolute Gasteiger partial charge is 0.491 e. The maximum atomic E-state index is 13.2. The van der Waals surface area contributed by atoms with E-state index in [-0.39, 0.29) is 17.7 Å². The van der Waals surface area contributed by atoms with Gasteiger partial charge >= 0.3 is 0 Å². The van der Waals surface area contributed by atoms with E-state index in [4.69, 9.17) is 4.74 Å². The van der Waals surface area contributed by atoms with Crippen molar-refractivity contribution in [1.29, 1.82) is 0 Å². The summed E-state index contributed by atoms with van der Waals surface area (Å²) in [5.74, 6) is 0.751. The maximum Gasteiger partial charge on any atom is 0.254 e. The molecule has 0 atom stereocenters. The van der Waals surface area contributed by atoms with Crippen LogP contribution in [0.2, 0.25) is 0 Å². The van der Waals surface area contributed by atoms with Crippen molar-refractivity contribution in [1.82, 2.24) is 4.90 Å². The Morgan fingerprint density at radius 3 is 2.44 bits per heavy atom. The molecule has 2 amide bonds. The van der Waals surface area contributed by atoms with E-state index in [1.54, 1.807) is 0 Å². The van der Waals surface area contributed by atoms with Crippen molar-refractivity contribution in [2.45, 2.75) is 40.8 Å². The number of benzene rings is 3. The predicted molar refractivity (Wildman–Crippen MR) is 135 cm³/mol. The second kappa shape index (κ2) is 10.1. The van der Waals surface area contributed by atoms with Crippen LogP contribution < -0.4 is 9.64 Å². The Morgan fingerprint density at radius 2 is 1.74 bits per heavy atom. The van der Waals surface area contributed by atoms with Gasteiger partial charge in [0, 0.05) is 29.3 Å². The SMILES string of the molecule is Cc1ccc(N(Cc2ccc3c(c2)CN(C(=O)c2cccc(C)c2)CCO3)C(=O)C(C)C)cc1. The molecule has 0 aliphatic carbocycles. The average Bonchev–Trinajstić information content (AvgIpc) is 3.04. The van der Waals surface area contributed by atoms with Crippen LogP contribution in [0.1, 0.15) is 46.5 Å². The molecule has 3 aromatic rings. The van der Waals surface area contributed by atoms with Crippen LogP contribution in [0, 0.1) is 19.8 Å². The molecular weight excluding hydrogens is 424 g/mol. The summed E-state index contributed by atoms with van der Waals surface area (Å²) in [6, 6.07) is 21.7. The quantitative estimate of drug-likeness (QED) is 0.507. The van der Waals surface area contributed by atoms with Crippen molar-refractivity contribution in [2.24, 2.45) is 5.92 Å². The number of carbonyl (C=O) groups excluding carboxylic acids is 2. The lowest BCUT2D eigenvalue weighted by Gasteiger charge is -2.26. The highest BCUT2D eigenvalue weighted by atomic mass is 16.5. The molecule has 5 nitrogen and oxygen atoms in total. The molecule has 3 aromatic carbocycles. The highest BCUT2D eigenvalue weighted by Gasteiger charge is 2.23. The van der Waals surface area contributed by atoms with Gasteiger partial charge in [0.15, 0.2) is 0 Å². The van der Waals surface area contributed by atoms with Crippen molar-refractivity contribution < 1.29 is 14.3 Å². The van der Waals surface area contributed by atoms with E-state index in [9.17, 15) is 9.59 Å². The zero-order valence-electron chi connectivity index (χ0n) is 20.4. The van der Waals surface area contributed by atoms with Crippen LogP contribution in [-0.2, 0) is 17.9 Å². The number of hydrogen-bond donors (Lipinski definition) is 0. The molecule has 0 bridgehead atoms. The number of amides is 2. The molecule has 1 aliphatic heterocycles. The van der Waals surface area contributed by atoms with Crippen LogP contribution in [0.15, 0.2) is 66.7 Å². The normalized spacial score (nSPS) is 13.1. The lowest BCUT2D eigenvalue weighted by atomic mass is 10.1. The lowest BCUT2D eigenvalue weighted by molar-refractivity contribution is -0.121. The van der Waals surface area contributed by atoms with Gasteiger partial charge < -0.3 is 14.5 Å². The molecule has 4 rings (SSSR count). The predicted octanol–water partition coefficient (Wildman–Crippen LogP) is 5.53. The monoisotopic (exact) mass is 456 g/mol. The molecule has 0 saturated carbocycles. The van der Waals surface area contributed by atoms with Gasteiger partial charge in [-0.1, -0.05) is 55.3 Å². The zero-order chi connectivity index (χ0) is 24.2. The molecule has 0 aromatic heterocycles. The summed E-state index contributed by atoms with van der Waals surface area (Å²) >= 11 is 0. The Kier molecular flexibility index (Phi) is 7.01. The molecule has 1 heterocycles. The standard InChI is InChI=1S/C29H32N2O3/c1-20(2)28(32)31(26-11-8-21(3)9-12-26)18-23-10-13-27-25(17-23)19-30(14-15-34-27)29(33)24-7-5-6-22(4)16-24/h5-13,16-17,20H,14-15,18-19H2,1-4H3. The van der Waals surface area contributed by atoms with Crippen LogP contribution in [0.3, 0.4) is 0 Å². The third-order valence-electron chi connectivity index (χ3n) is 6.10. The summed E-state index contributed by atoms with van der Waals surface area (Å²) in [7, 11) is 0. The second-order valence-corrected chi connectivity index (χ2v) is 9.30. The molecule has 1 aliphatic rings. The second-order valence-electron chi connectivity index (χ2n) is 9.30. The van der Waals surface area contributed by atoms with E-state index < -0.39 is 0 Å². The molecule has 0 spiro atoms. The minimum Gasteiger partial charge on any atom is -0.491 e. The summed E-state index contributed by atoms with van der Waals surface area (Å²) < 4.78 is 5.96. The minimum absolute atomic E-state index is 0.00169. The van der Waals surface area contributed by atoms with Crippen molar-refractivity contribution in [3.8, 4) is 5.75 Å². The van der Waals surface area contributed by atoms with Gasteiger partial charge in [-0.2, -0.15) is 0 Å². The maximum absolute atomic E-state index is 13.2. The van der Waals surface area contributed by atoms with Crippen LogP contribution in [0.5, 0.6) is 5.75 Å². The Bertz CT molecular complexity index is 1180. The highest BCUT2D eigenvalue weighted by molar-refractivity contribution is 5.95. The molecule has 5 heteroatoms. The number of anilines is 1. The van der Waals surface area contributed by atoms with Gasteiger partial charge in [-0.3, -0.25) is 9.59 Å². The van der Waals surface area contributed by atoms with Crippen molar-refractivity contribution in [3.05, 3.63) is 94.5 Å². The Balaban J connectivity index is 1.60. The summed E-state index contributed by atoms with van der Waals surface area (Å²) in [5.41, 5.74) is 5.74. The van der Waals surface area contributed by atoms with Crippen molar-refractivity contribution in [3.63, 3.8) is 0 Å². The Morgan fingerprint density at radius 1 is 0.971 bits per heavy atom. The molecule has 0 unspecified atom stereocenters. The zero-order valence-corrected chi connectivity index (χ0v) is 20.4. The number of nitrogens with zero attached hydrogens (tertiary/aromatic N) is 2. The molecule has 0 fully saturated rings. The summed E-state index contributed by atoms with van der Waals surface area (Å²) in [5, 5.41) is 0. The fourth-order valence-electron chi connectivity index (χ4n) is 4.20. The average molecular weight is 457 g/mol. The number of fused-ring (bicyclic) bond motifs is 1. The smallest absolute Gasteiger partial charge is 0.254 e. The van der Waals surface area contributed by atoms with Crippen LogP contribution >= 0.6 is 0 Å². The van der Waals surface area contributed by atoms with Crippen molar-refractivity contribution in [2.75, 3.05) is 18.1 Å². The van der Waals surface area contributed by atoms with E-state index in [1.165, 1.54) is 0 Å². The molecule has 34 heavy (non-hydrogen) atoms. The van der Waals surface area contributed by atoms with E-state index in [0.717, 1.165) is 33.7 Å². The van der Waals surface area contributed by atoms with E-state index in [1.807, 2.05) is 98.2 Å². The molecule has 0 N–H and O–H groups in total. The number of hydrogen-bond acceptors (Lipinski definition) is 3. The summed E-state index contributed by atoms with van der Waals surface area (Å²) in [4.78, 5) is 29.9. The number of carbonyl (C=O) groups is 2. The first kappa shape index (κ1) is 23.6. The summed E-state index contributed by atoms with van der Waals surface area (Å²) in [6.07, 6.45) is 0. The number of ether oxygens (including phenoxy) is 1. The molecule has 176 valence electrons. The van der Waals surface area contributed by atoms with Gasteiger partial charge in [0.1, 0.15) is 12.4 Å². The van der Waals surface area contributed by atoms with Gasteiger partial charge in [-0.05, 0) is 55.8 Å². The van der Waals surface area contributed by atoms with Crippen LogP contribution in [0.25, 0.3) is 0 Å². The third kappa shape index (κ3) is 5.30. The van der Waals surface area contributed by atoms with Crippen LogP contribution in [0.4, 0.5) is 5.69 Å². The number of aryl methyl sites for hydroxylation is 2. The van der Waals surface area contributed by atoms with E-state index in [0.29, 0.717) is 31.8 Å². The molecular formula is C29H32N2O3. The Labute approximate surface area is 202 Å². The molecule has 0 saturated heterocycles. The Hall–Kier alpha value is -3.60. The first-order valence-corrected chi connectivity index (χ1v) is 11.8. The van der Waals surface area contributed by atoms with Crippen LogP contribution in [-0.4, -0.2) is 29.9 Å². The first-order chi connectivity index (χ1) is 16.3. The fourth-order valence-corrected chi connectivity index (χ4v) is 4.20. The number of rotatable bonds is 5. The van der Waals surface area contributed by atoms with Crippen molar-refractivity contribution >= 4 is 17.5 Å². The van der Waals surface area contributed by atoms with Gasteiger partial charge in [0.05, 0.1) is 13.1 Å². The van der Waals surface area contributed by atoms with E-state index in [2.05, 4.69) is 6.07 Å². The first-order valence-electron chi connectivity index (χ1n) is 11.8. The van der Waals surface area contributed by atoms with Gasteiger partial charge in [-0.15, -0.1) is 0 Å². The van der Waals surface area contributed by atoms with Gasteiger partial charge in [-0.25, -0.2) is 0 Å². The molecule has 0 radical (unpaired) electrons.